The lowest BCUT2D eigenvalue weighted by Crippen LogP contribution is -2.36. The molecule has 0 spiro atoms. The van der Waals surface area contributed by atoms with Gasteiger partial charge < -0.3 is 20.1 Å². The Bertz CT molecular complexity index is 691. The summed E-state index contributed by atoms with van der Waals surface area (Å²) >= 11 is 0. The standard InChI is InChI=1S/C18H21N3O3/c1-13(15-4-2-7-19-12-15)21-18(22)20-11-14-5-6-16-17(10-14)24-9-3-8-23-16/h2,4-7,10,12-13H,3,8-9,11H2,1H3,(H2,20,21,22)/t13-/m1/s1. The molecule has 0 fully saturated rings. The summed E-state index contributed by atoms with van der Waals surface area (Å²) < 4.78 is 11.3. The molecule has 2 N–H and O–H groups in total. The molecule has 6 heteroatoms. The van der Waals surface area contributed by atoms with Crippen LogP contribution >= 0.6 is 0 Å². The summed E-state index contributed by atoms with van der Waals surface area (Å²) in [5.41, 5.74) is 1.92. The van der Waals surface area contributed by atoms with Gasteiger partial charge in [-0.25, -0.2) is 4.79 Å². The van der Waals surface area contributed by atoms with Crippen molar-refractivity contribution in [2.45, 2.75) is 25.9 Å². The van der Waals surface area contributed by atoms with E-state index in [0.717, 1.165) is 29.0 Å². The average molecular weight is 327 g/mol. The number of fused-ring (bicyclic) bond motifs is 1. The molecule has 3 rings (SSSR count). The maximum absolute atomic E-state index is 12.0. The number of carbonyl (C=O) groups is 1. The van der Waals surface area contributed by atoms with E-state index in [1.807, 2.05) is 37.3 Å². The van der Waals surface area contributed by atoms with Crippen LogP contribution < -0.4 is 20.1 Å². The van der Waals surface area contributed by atoms with Gasteiger partial charge >= 0.3 is 6.03 Å². The van der Waals surface area contributed by atoms with Crippen LogP contribution in [0.2, 0.25) is 0 Å². The monoisotopic (exact) mass is 327 g/mol. The van der Waals surface area contributed by atoms with E-state index in [2.05, 4.69) is 15.6 Å². The van der Waals surface area contributed by atoms with E-state index < -0.39 is 0 Å². The Hall–Kier alpha value is -2.76. The number of benzene rings is 1. The lowest BCUT2D eigenvalue weighted by atomic mass is 10.1. The summed E-state index contributed by atoms with van der Waals surface area (Å²) in [7, 11) is 0. The van der Waals surface area contributed by atoms with Gasteiger partial charge in [0.05, 0.1) is 19.3 Å². The molecule has 2 aromatic rings. The van der Waals surface area contributed by atoms with Gasteiger partial charge in [-0.05, 0) is 36.2 Å². The van der Waals surface area contributed by atoms with E-state index >= 15 is 0 Å². The molecule has 1 aliphatic rings. The van der Waals surface area contributed by atoms with E-state index in [0.29, 0.717) is 19.8 Å². The average Bonchev–Trinajstić information content (AvgIpc) is 2.85. The molecular formula is C18H21N3O3. The molecule has 0 saturated heterocycles. The van der Waals surface area contributed by atoms with Crippen LogP contribution in [0.4, 0.5) is 4.79 Å². The Morgan fingerprint density at radius 3 is 2.88 bits per heavy atom. The Morgan fingerprint density at radius 1 is 1.25 bits per heavy atom. The minimum Gasteiger partial charge on any atom is -0.490 e. The van der Waals surface area contributed by atoms with E-state index in [1.165, 1.54) is 0 Å². The van der Waals surface area contributed by atoms with Crippen molar-refractivity contribution >= 4 is 6.03 Å². The van der Waals surface area contributed by atoms with Crippen LogP contribution in [0, 0.1) is 0 Å². The summed E-state index contributed by atoms with van der Waals surface area (Å²) in [5.74, 6) is 1.49. The third kappa shape index (κ3) is 4.16. The summed E-state index contributed by atoms with van der Waals surface area (Å²) in [4.78, 5) is 16.1. The maximum atomic E-state index is 12.0. The van der Waals surface area contributed by atoms with Crippen molar-refractivity contribution in [2.75, 3.05) is 13.2 Å². The van der Waals surface area contributed by atoms with E-state index in [-0.39, 0.29) is 12.1 Å². The van der Waals surface area contributed by atoms with Gasteiger partial charge in [-0.2, -0.15) is 0 Å². The van der Waals surface area contributed by atoms with Crippen LogP contribution in [0.15, 0.2) is 42.7 Å². The largest absolute Gasteiger partial charge is 0.490 e. The van der Waals surface area contributed by atoms with Gasteiger partial charge in [-0.1, -0.05) is 12.1 Å². The van der Waals surface area contributed by atoms with Gasteiger partial charge in [0.15, 0.2) is 11.5 Å². The quantitative estimate of drug-likeness (QED) is 0.906. The number of nitrogens with one attached hydrogen (secondary N) is 2. The molecule has 2 heterocycles. The molecule has 0 saturated carbocycles. The SMILES string of the molecule is C[C@@H](NC(=O)NCc1ccc2c(c1)OCCCO2)c1cccnc1. The predicted octanol–water partition coefficient (Wildman–Crippen LogP) is 2.80. The predicted molar refractivity (Wildman–Crippen MR) is 90.1 cm³/mol. The fourth-order valence-corrected chi connectivity index (χ4v) is 2.46. The summed E-state index contributed by atoms with van der Waals surface area (Å²) in [6.07, 6.45) is 4.33. The lowest BCUT2D eigenvalue weighted by Gasteiger charge is -2.15. The van der Waals surface area contributed by atoms with Gasteiger partial charge in [-0.15, -0.1) is 0 Å². The highest BCUT2D eigenvalue weighted by atomic mass is 16.5. The van der Waals surface area contributed by atoms with Crippen molar-refractivity contribution in [2.24, 2.45) is 0 Å². The van der Waals surface area contributed by atoms with Gasteiger partial charge in [0.2, 0.25) is 0 Å². The van der Waals surface area contributed by atoms with Gasteiger partial charge in [0.1, 0.15) is 0 Å². The first-order valence-electron chi connectivity index (χ1n) is 8.05. The number of pyridine rings is 1. The summed E-state index contributed by atoms with van der Waals surface area (Å²) in [6, 6.07) is 9.17. The molecule has 1 aliphatic heterocycles. The fourth-order valence-electron chi connectivity index (χ4n) is 2.46. The first kappa shape index (κ1) is 16.1. The van der Waals surface area contributed by atoms with Crippen LogP contribution in [0.1, 0.15) is 30.5 Å². The number of ether oxygens (including phenoxy) is 2. The zero-order valence-electron chi connectivity index (χ0n) is 13.6. The minimum absolute atomic E-state index is 0.109. The fraction of sp³-hybridized carbons (Fsp3) is 0.333. The number of nitrogens with zero attached hydrogens (tertiary/aromatic N) is 1. The van der Waals surface area contributed by atoms with Crippen LogP contribution in [0.25, 0.3) is 0 Å². The molecule has 0 bridgehead atoms. The maximum Gasteiger partial charge on any atom is 0.315 e. The number of aromatic nitrogens is 1. The zero-order valence-corrected chi connectivity index (χ0v) is 13.6. The number of hydrogen-bond acceptors (Lipinski definition) is 4. The Morgan fingerprint density at radius 2 is 2.08 bits per heavy atom. The number of urea groups is 1. The molecular weight excluding hydrogens is 306 g/mol. The first-order chi connectivity index (χ1) is 11.7. The van der Waals surface area contributed by atoms with Crippen molar-refractivity contribution in [1.29, 1.82) is 0 Å². The first-order valence-corrected chi connectivity index (χ1v) is 8.05. The Balaban J connectivity index is 1.54. The molecule has 2 amide bonds. The van der Waals surface area contributed by atoms with Crippen LogP contribution in [0.3, 0.4) is 0 Å². The third-order valence-electron chi connectivity index (χ3n) is 3.80. The van der Waals surface area contributed by atoms with Crippen LogP contribution in [-0.4, -0.2) is 24.2 Å². The molecule has 126 valence electrons. The van der Waals surface area contributed by atoms with Gasteiger partial charge in [-0.3, -0.25) is 4.98 Å². The highest BCUT2D eigenvalue weighted by Crippen LogP contribution is 2.30. The topological polar surface area (TPSA) is 72.5 Å². The highest BCUT2D eigenvalue weighted by molar-refractivity contribution is 5.74. The summed E-state index contributed by atoms with van der Waals surface area (Å²) in [6.45, 7) is 3.65. The van der Waals surface area contributed by atoms with Crippen molar-refractivity contribution in [3.63, 3.8) is 0 Å². The molecule has 0 aliphatic carbocycles. The number of carbonyl (C=O) groups excluding carboxylic acids is 1. The normalized spacial score (nSPS) is 14.4. The van der Waals surface area contributed by atoms with Crippen LogP contribution in [0.5, 0.6) is 11.5 Å². The Labute approximate surface area is 141 Å². The molecule has 24 heavy (non-hydrogen) atoms. The second kappa shape index (κ2) is 7.68. The number of amides is 2. The molecule has 0 radical (unpaired) electrons. The molecule has 6 nitrogen and oxygen atoms in total. The molecule has 1 aromatic heterocycles. The van der Waals surface area contributed by atoms with Crippen molar-refractivity contribution < 1.29 is 14.3 Å². The van der Waals surface area contributed by atoms with E-state index in [4.69, 9.17) is 9.47 Å². The molecule has 1 atom stereocenters. The van der Waals surface area contributed by atoms with Gasteiger partial charge in [0, 0.05) is 25.4 Å². The lowest BCUT2D eigenvalue weighted by molar-refractivity contribution is 0.237. The smallest absolute Gasteiger partial charge is 0.315 e. The second-order valence-electron chi connectivity index (χ2n) is 5.67. The van der Waals surface area contributed by atoms with Crippen LogP contribution in [-0.2, 0) is 6.54 Å². The highest BCUT2D eigenvalue weighted by Gasteiger charge is 2.12. The number of hydrogen-bond donors (Lipinski definition) is 2. The third-order valence-corrected chi connectivity index (χ3v) is 3.80. The molecule has 1 aromatic carbocycles. The van der Waals surface area contributed by atoms with E-state index in [9.17, 15) is 4.79 Å². The van der Waals surface area contributed by atoms with Crippen molar-refractivity contribution in [3.8, 4) is 11.5 Å². The minimum atomic E-state index is -0.224. The van der Waals surface area contributed by atoms with Crippen molar-refractivity contribution in [3.05, 3.63) is 53.9 Å². The van der Waals surface area contributed by atoms with Crippen molar-refractivity contribution in [1.82, 2.24) is 15.6 Å². The molecule has 0 unspecified atom stereocenters. The number of rotatable bonds is 4. The Kier molecular flexibility index (Phi) is 5.15. The summed E-state index contributed by atoms with van der Waals surface area (Å²) in [5, 5.41) is 5.75. The zero-order chi connectivity index (χ0) is 16.8. The van der Waals surface area contributed by atoms with Gasteiger partial charge in [0.25, 0.3) is 0 Å². The second-order valence-corrected chi connectivity index (χ2v) is 5.67. The van der Waals surface area contributed by atoms with E-state index in [1.54, 1.807) is 12.4 Å².